The monoisotopic (exact) mass is 270 g/mol. The molecule has 0 amide bonds. The Morgan fingerprint density at radius 3 is 2.40 bits per heavy atom. The minimum atomic E-state index is -0.479. The van der Waals surface area contributed by atoms with Crippen LogP contribution in [0.2, 0.25) is 0 Å². The Bertz CT molecular complexity index is 508. The van der Waals surface area contributed by atoms with E-state index in [1.54, 1.807) is 6.20 Å². The van der Waals surface area contributed by atoms with Crippen LogP contribution in [0.3, 0.4) is 0 Å². The molecule has 20 heavy (non-hydrogen) atoms. The lowest BCUT2D eigenvalue weighted by Crippen LogP contribution is -2.21. The van der Waals surface area contributed by atoms with E-state index in [0.717, 1.165) is 17.7 Å². The molecule has 2 rings (SSSR count). The van der Waals surface area contributed by atoms with Crippen molar-refractivity contribution < 1.29 is 5.11 Å². The van der Waals surface area contributed by atoms with Crippen molar-refractivity contribution >= 4 is 0 Å². The second kappa shape index (κ2) is 7.17. The van der Waals surface area contributed by atoms with Gasteiger partial charge in [-0.15, -0.1) is 0 Å². The first-order valence-electron chi connectivity index (χ1n) is 7.04. The molecule has 0 fully saturated rings. The highest BCUT2D eigenvalue weighted by Gasteiger charge is 2.07. The Hall–Kier alpha value is -1.71. The highest BCUT2D eigenvalue weighted by atomic mass is 16.3. The van der Waals surface area contributed by atoms with Gasteiger partial charge in [-0.25, -0.2) is 0 Å². The van der Waals surface area contributed by atoms with Crippen molar-refractivity contribution in [2.24, 2.45) is 0 Å². The van der Waals surface area contributed by atoms with E-state index in [1.165, 1.54) is 5.56 Å². The SMILES string of the molecule is CC(C)c1ccc(C(O)CNCc2cccnc2)cc1. The number of benzene rings is 1. The Morgan fingerprint density at radius 1 is 1.10 bits per heavy atom. The average Bonchev–Trinajstić information content (AvgIpc) is 2.48. The lowest BCUT2D eigenvalue weighted by Gasteiger charge is -2.13. The first kappa shape index (κ1) is 14.7. The minimum Gasteiger partial charge on any atom is -0.387 e. The second-order valence-electron chi connectivity index (χ2n) is 5.33. The van der Waals surface area contributed by atoms with Gasteiger partial charge < -0.3 is 10.4 Å². The molecule has 0 saturated carbocycles. The van der Waals surface area contributed by atoms with Crippen LogP contribution < -0.4 is 5.32 Å². The number of nitrogens with zero attached hydrogens (tertiary/aromatic N) is 1. The third kappa shape index (κ3) is 4.15. The van der Waals surface area contributed by atoms with E-state index in [1.807, 2.05) is 30.5 Å². The molecule has 0 saturated heterocycles. The van der Waals surface area contributed by atoms with Gasteiger partial charge in [-0.05, 0) is 28.7 Å². The summed E-state index contributed by atoms with van der Waals surface area (Å²) in [6.07, 6.45) is 3.11. The fraction of sp³-hybridized carbons (Fsp3) is 0.353. The first-order valence-corrected chi connectivity index (χ1v) is 7.04. The van der Waals surface area contributed by atoms with Crippen molar-refractivity contribution in [1.82, 2.24) is 10.3 Å². The number of rotatable bonds is 6. The molecule has 0 radical (unpaired) electrons. The standard InChI is InChI=1S/C17H22N2O/c1-13(2)15-5-7-16(8-6-15)17(20)12-19-11-14-4-3-9-18-10-14/h3-10,13,17,19-20H,11-12H2,1-2H3. The van der Waals surface area contributed by atoms with Gasteiger partial charge in [0.05, 0.1) is 6.10 Å². The number of aromatic nitrogens is 1. The van der Waals surface area contributed by atoms with E-state index in [-0.39, 0.29) is 0 Å². The van der Waals surface area contributed by atoms with E-state index in [2.05, 4.69) is 36.3 Å². The summed E-state index contributed by atoms with van der Waals surface area (Å²) in [5.41, 5.74) is 3.37. The molecule has 2 N–H and O–H groups in total. The molecular weight excluding hydrogens is 248 g/mol. The molecule has 3 heteroatoms. The molecule has 0 aliphatic heterocycles. The van der Waals surface area contributed by atoms with Crippen LogP contribution in [0, 0.1) is 0 Å². The fourth-order valence-electron chi connectivity index (χ4n) is 2.08. The van der Waals surface area contributed by atoms with Crippen LogP contribution in [0.4, 0.5) is 0 Å². The lowest BCUT2D eigenvalue weighted by atomic mass is 10.00. The molecule has 1 atom stereocenters. The van der Waals surface area contributed by atoms with E-state index in [4.69, 9.17) is 0 Å². The fourth-order valence-corrected chi connectivity index (χ4v) is 2.08. The van der Waals surface area contributed by atoms with Gasteiger partial charge in [0.1, 0.15) is 0 Å². The first-order chi connectivity index (χ1) is 9.66. The number of aliphatic hydroxyl groups is 1. The average molecular weight is 270 g/mol. The molecule has 1 heterocycles. The van der Waals surface area contributed by atoms with E-state index in [9.17, 15) is 5.11 Å². The Morgan fingerprint density at radius 2 is 1.80 bits per heavy atom. The third-order valence-corrected chi connectivity index (χ3v) is 3.38. The van der Waals surface area contributed by atoms with Gasteiger partial charge in [-0.3, -0.25) is 4.98 Å². The van der Waals surface area contributed by atoms with Crippen molar-refractivity contribution in [2.45, 2.75) is 32.4 Å². The summed E-state index contributed by atoms with van der Waals surface area (Å²) in [7, 11) is 0. The van der Waals surface area contributed by atoms with Gasteiger partial charge in [0.2, 0.25) is 0 Å². The molecule has 0 aliphatic carbocycles. The molecule has 3 nitrogen and oxygen atoms in total. The predicted molar refractivity (Wildman–Crippen MR) is 81.4 cm³/mol. The van der Waals surface area contributed by atoms with Gasteiger partial charge in [0, 0.05) is 25.5 Å². The van der Waals surface area contributed by atoms with Gasteiger partial charge in [0.25, 0.3) is 0 Å². The molecule has 1 unspecified atom stereocenters. The van der Waals surface area contributed by atoms with Crippen LogP contribution >= 0.6 is 0 Å². The molecule has 0 aliphatic rings. The summed E-state index contributed by atoms with van der Waals surface area (Å²) in [5.74, 6) is 0.518. The number of nitrogens with one attached hydrogen (secondary N) is 1. The maximum absolute atomic E-state index is 10.1. The smallest absolute Gasteiger partial charge is 0.0914 e. The van der Waals surface area contributed by atoms with Crippen LogP contribution in [0.5, 0.6) is 0 Å². The van der Waals surface area contributed by atoms with E-state index >= 15 is 0 Å². The van der Waals surface area contributed by atoms with Crippen LogP contribution in [0.1, 0.15) is 42.6 Å². The third-order valence-electron chi connectivity index (χ3n) is 3.38. The van der Waals surface area contributed by atoms with Gasteiger partial charge in [0.15, 0.2) is 0 Å². The summed E-state index contributed by atoms with van der Waals surface area (Å²) < 4.78 is 0. The maximum Gasteiger partial charge on any atom is 0.0914 e. The van der Waals surface area contributed by atoms with Gasteiger partial charge in [-0.2, -0.15) is 0 Å². The number of hydrogen-bond acceptors (Lipinski definition) is 3. The normalized spacial score (nSPS) is 12.6. The van der Waals surface area contributed by atoms with Crippen molar-refractivity contribution in [3.8, 4) is 0 Å². The minimum absolute atomic E-state index is 0.479. The molecular formula is C17H22N2O. The zero-order valence-corrected chi connectivity index (χ0v) is 12.1. The zero-order chi connectivity index (χ0) is 14.4. The quantitative estimate of drug-likeness (QED) is 0.848. The molecule has 0 spiro atoms. The highest BCUT2D eigenvalue weighted by Crippen LogP contribution is 2.18. The molecule has 1 aromatic heterocycles. The summed E-state index contributed by atoms with van der Waals surface area (Å²) in [6.45, 7) is 5.59. The second-order valence-corrected chi connectivity index (χ2v) is 5.33. The Labute approximate surface area is 120 Å². The number of pyridine rings is 1. The van der Waals surface area contributed by atoms with Crippen LogP contribution in [-0.2, 0) is 6.54 Å². The summed E-state index contributed by atoms with van der Waals surface area (Å²) >= 11 is 0. The van der Waals surface area contributed by atoms with Gasteiger partial charge in [-0.1, -0.05) is 44.2 Å². The van der Waals surface area contributed by atoms with Crippen molar-refractivity contribution in [3.63, 3.8) is 0 Å². The van der Waals surface area contributed by atoms with E-state index in [0.29, 0.717) is 12.5 Å². The van der Waals surface area contributed by atoms with Gasteiger partial charge >= 0.3 is 0 Å². The lowest BCUT2D eigenvalue weighted by molar-refractivity contribution is 0.174. The number of hydrogen-bond donors (Lipinski definition) is 2. The van der Waals surface area contributed by atoms with E-state index < -0.39 is 6.10 Å². The van der Waals surface area contributed by atoms with Crippen LogP contribution in [0.25, 0.3) is 0 Å². The highest BCUT2D eigenvalue weighted by molar-refractivity contribution is 5.26. The Kier molecular flexibility index (Phi) is 5.27. The zero-order valence-electron chi connectivity index (χ0n) is 12.1. The largest absolute Gasteiger partial charge is 0.387 e. The summed E-state index contributed by atoms with van der Waals surface area (Å²) in [6, 6.07) is 12.1. The van der Waals surface area contributed by atoms with Crippen molar-refractivity contribution in [2.75, 3.05) is 6.54 Å². The topological polar surface area (TPSA) is 45.1 Å². The van der Waals surface area contributed by atoms with Crippen molar-refractivity contribution in [3.05, 3.63) is 65.5 Å². The van der Waals surface area contributed by atoms with Crippen molar-refractivity contribution in [1.29, 1.82) is 0 Å². The molecule has 0 bridgehead atoms. The maximum atomic E-state index is 10.1. The summed E-state index contributed by atoms with van der Waals surface area (Å²) in [5, 5.41) is 13.4. The molecule has 106 valence electrons. The van der Waals surface area contributed by atoms with Crippen LogP contribution in [0.15, 0.2) is 48.8 Å². The predicted octanol–water partition coefficient (Wildman–Crippen LogP) is 3.03. The number of aliphatic hydroxyl groups excluding tert-OH is 1. The summed E-state index contributed by atoms with van der Waals surface area (Å²) in [4.78, 5) is 4.06. The molecule has 2 aromatic rings. The molecule has 1 aromatic carbocycles. The Balaban J connectivity index is 1.84. The van der Waals surface area contributed by atoms with Crippen LogP contribution in [-0.4, -0.2) is 16.6 Å².